The Morgan fingerprint density at radius 2 is 1.72 bits per heavy atom. The Hall–Kier alpha value is -2.10. The summed E-state index contributed by atoms with van der Waals surface area (Å²) in [4.78, 5) is 20.6. The monoisotopic (exact) mass is 247 g/mol. The van der Waals surface area contributed by atoms with Gasteiger partial charge in [-0.05, 0) is 25.5 Å². The molecule has 0 fully saturated rings. The van der Waals surface area contributed by atoms with Gasteiger partial charge in [0.25, 0.3) is 11.9 Å². The fourth-order valence-corrected chi connectivity index (χ4v) is 1.65. The van der Waals surface area contributed by atoms with Gasteiger partial charge in [-0.25, -0.2) is 0 Å². The Bertz CT molecular complexity index is 471. The van der Waals surface area contributed by atoms with Gasteiger partial charge in [-0.1, -0.05) is 30.3 Å². The summed E-state index contributed by atoms with van der Waals surface area (Å²) in [6.45, 7) is 5.06. The summed E-state index contributed by atoms with van der Waals surface area (Å²) in [5, 5.41) is 10.3. The molecule has 1 aliphatic heterocycles. The first kappa shape index (κ1) is 14.0. The molecule has 0 spiro atoms. The van der Waals surface area contributed by atoms with E-state index in [1.165, 1.54) is 0 Å². The molecule has 0 atom stereocenters. The van der Waals surface area contributed by atoms with Crippen LogP contribution in [0.4, 0.5) is 0 Å². The molecule has 1 aromatic carbocycles. The average molecular weight is 247 g/mol. The Morgan fingerprint density at radius 1 is 1.22 bits per heavy atom. The van der Waals surface area contributed by atoms with Crippen LogP contribution in [0.1, 0.15) is 26.3 Å². The van der Waals surface area contributed by atoms with Gasteiger partial charge >= 0.3 is 0 Å². The van der Waals surface area contributed by atoms with Crippen LogP contribution in [-0.2, 0) is 9.59 Å². The van der Waals surface area contributed by atoms with Gasteiger partial charge in [0.15, 0.2) is 0 Å². The van der Waals surface area contributed by atoms with E-state index in [4.69, 9.17) is 9.90 Å². The SMILES string of the molecule is CC(=O)O.CC1(C)C=C(c2ccccc2)C(=O)N1. The predicted molar refractivity (Wildman–Crippen MR) is 70.0 cm³/mol. The van der Waals surface area contributed by atoms with Crippen molar-refractivity contribution in [3.63, 3.8) is 0 Å². The van der Waals surface area contributed by atoms with Gasteiger partial charge < -0.3 is 10.4 Å². The first-order valence-electron chi connectivity index (χ1n) is 5.62. The van der Waals surface area contributed by atoms with Crippen molar-refractivity contribution < 1.29 is 14.7 Å². The van der Waals surface area contributed by atoms with Crippen molar-refractivity contribution in [3.8, 4) is 0 Å². The molecule has 0 aromatic heterocycles. The largest absolute Gasteiger partial charge is 0.481 e. The first-order valence-corrected chi connectivity index (χ1v) is 5.62. The fraction of sp³-hybridized carbons (Fsp3) is 0.286. The molecule has 0 saturated heterocycles. The zero-order valence-electron chi connectivity index (χ0n) is 10.7. The molecule has 96 valence electrons. The van der Waals surface area contributed by atoms with E-state index in [-0.39, 0.29) is 11.4 Å². The van der Waals surface area contributed by atoms with Crippen molar-refractivity contribution in [2.24, 2.45) is 0 Å². The molecule has 1 aliphatic rings. The highest BCUT2D eigenvalue weighted by atomic mass is 16.4. The third kappa shape index (κ3) is 4.05. The Kier molecular flexibility index (Phi) is 4.26. The van der Waals surface area contributed by atoms with Gasteiger partial charge in [0.2, 0.25) is 0 Å². The molecule has 0 aliphatic carbocycles. The predicted octanol–water partition coefficient (Wildman–Crippen LogP) is 2.07. The van der Waals surface area contributed by atoms with Crippen molar-refractivity contribution in [1.82, 2.24) is 5.32 Å². The minimum Gasteiger partial charge on any atom is -0.481 e. The van der Waals surface area contributed by atoms with Crippen LogP contribution in [0.5, 0.6) is 0 Å². The summed E-state index contributed by atoms with van der Waals surface area (Å²) in [5.74, 6) is -0.818. The highest BCUT2D eigenvalue weighted by Crippen LogP contribution is 2.24. The highest BCUT2D eigenvalue weighted by molar-refractivity contribution is 6.22. The fourth-order valence-electron chi connectivity index (χ4n) is 1.65. The second kappa shape index (κ2) is 5.49. The van der Waals surface area contributed by atoms with E-state index in [1.54, 1.807) is 0 Å². The first-order chi connectivity index (χ1) is 8.32. The lowest BCUT2D eigenvalue weighted by molar-refractivity contribution is -0.134. The summed E-state index contributed by atoms with van der Waals surface area (Å²) in [7, 11) is 0. The molecule has 0 bridgehead atoms. The molecule has 0 radical (unpaired) electrons. The molecule has 18 heavy (non-hydrogen) atoms. The summed E-state index contributed by atoms with van der Waals surface area (Å²) >= 11 is 0. The van der Waals surface area contributed by atoms with Crippen molar-refractivity contribution in [2.75, 3.05) is 0 Å². The maximum absolute atomic E-state index is 11.6. The molecule has 1 heterocycles. The van der Waals surface area contributed by atoms with E-state index in [0.29, 0.717) is 0 Å². The number of carbonyl (C=O) groups excluding carboxylic acids is 1. The number of rotatable bonds is 1. The maximum atomic E-state index is 11.6. The van der Waals surface area contributed by atoms with Crippen LogP contribution in [-0.4, -0.2) is 22.5 Å². The number of nitrogens with one attached hydrogen (secondary N) is 1. The van der Waals surface area contributed by atoms with Crippen LogP contribution < -0.4 is 5.32 Å². The number of hydrogen-bond donors (Lipinski definition) is 2. The minimum atomic E-state index is -0.833. The quantitative estimate of drug-likeness (QED) is 0.798. The van der Waals surface area contributed by atoms with Crippen LogP contribution in [0.15, 0.2) is 36.4 Å². The molecule has 2 N–H and O–H groups in total. The molecule has 1 aromatic rings. The lowest BCUT2D eigenvalue weighted by Crippen LogP contribution is -2.35. The second-order valence-electron chi connectivity index (χ2n) is 4.62. The maximum Gasteiger partial charge on any atom is 0.300 e. The molecule has 4 heteroatoms. The lowest BCUT2D eigenvalue weighted by Gasteiger charge is -2.13. The number of carbonyl (C=O) groups is 2. The highest BCUT2D eigenvalue weighted by Gasteiger charge is 2.29. The number of carboxylic acids is 1. The van der Waals surface area contributed by atoms with Crippen molar-refractivity contribution in [1.29, 1.82) is 0 Å². The molecule has 4 nitrogen and oxygen atoms in total. The standard InChI is InChI=1S/C12H13NO.C2H4O2/c1-12(2)8-10(11(14)13-12)9-6-4-3-5-7-9;1-2(3)4/h3-8H,1-2H3,(H,13,14);1H3,(H,3,4). The normalized spacial score (nSPS) is 16.2. The number of aliphatic carboxylic acids is 1. The molecular weight excluding hydrogens is 230 g/mol. The van der Waals surface area contributed by atoms with Gasteiger partial charge in [0.1, 0.15) is 0 Å². The molecule has 0 unspecified atom stereocenters. The molecule has 1 amide bonds. The number of hydrogen-bond acceptors (Lipinski definition) is 2. The summed E-state index contributed by atoms with van der Waals surface area (Å²) in [6, 6.07) is 9.73. The van der Waals surface area contributed by atoms with E-state index in [1.807, 2.05) is 50.3 Å². The summed E-state index contributed by atoms with van der Waals surface area (Å²) in [5.41, 5.74) is 1.54. The van der Waals surface area contributed by atoms with Crippen LogP contribution in [0, 0.1) is 0 Å². The molecular formula is C14H17NO3. The zero-order valence-corrected chi connectivity index (χ0v) is 10.7. The summed E-state index contributed by atoms with van der Waals surface area (Å²) in [6.07, 6.45) is 1.98. The Labute approximate surface area is 106 Å². The molecule has 2 rings (SSSR count). The van der Waals surface area contributed by atoms with Gasteiger partial charge in [0, 0.05) is 12.5 Å². The zero-order chi connectivity index (χ0) is 13.8. The third-order valence-corrected chi connectivity index (χ3v) is 2.27. The second-order valence-corrected chi connectivity index (χ2v) is 4.62. The van der Waals surface area contributed by atoms with Crippen molar-refractivity contribution in [2.45, 2.75) is 26.3 Å². The van der Waals surface area contributed by atoms with E-state index in [0.717, 1.165) is 18.1 Å². The Balaban J connectivity index is 0.000000357. The van der Waals surface area contributed by atoms with E-state index in [2.05, 4.69) is 5.32 Å². The van der Waals surface area contributed by atoms with Crippen LogP contribution in [0.25, 0.3) is 5.57 Å². The molecule has 0 saturated carbocycles. The number of amides is 1. The minimum absolute atomic E-state index is 0.0150. The lowest BCUT2D eigenvalue weighted by atomic mass is 10.0. The van der Waals surface area contributed by atoms with Crippen molar-refractivity contribution in [3.05, 3.63) is 42.0 Å². The van der Waals surface area contributed by atoms with Gasteiger partial charge in [0.05, 0.1) is 5.54 Å². The topological polar surface area (TPSA) is 66.4 Å². The number of carboxylic acid groups (broad SMARTS) is 1. The smallest absolute Gasteiger partial charge is 0.300 e. The third-order valence-electron chi connectivity index (χ3n) is 2.27. The Morgan fingerprint density at radius 3 is 2.11 bits per heavy atom. The number of benzene rings is 1. The van der Waals surface area contributed by atoms with Crippen LogP contribution in [0.3, 0.4) is 0 Å². The van der Waals surface area contributed by atoms with Crippen LogP contribution >= 0.6 is 0 Å². The summed E-state index contributed by atoms with van der Waals surface area (Å²) < 4.78 is 0. The van der Waals surface area contributed by atoms with E-state index < -0.39 is 5.97 Å². The van der Waals surface area contributed by atoms with Gasteiger partial charge in [-0.15, -0.1) is 0 Å². The van der Waals surface area contributed by atoms with Gasteiger partial charge in [-0.3, -0.25) is 9.59 Å². The van der Waals surface area contributed by atoms with E-state index >= 15 is 0 Å². The van der Waals surface area contributed by atoms with Crippen LogP contribution in [0.2, 0.25) is 0 Å². The van der Waals surface area contributed by atoms with Gasteiger partial charge in [-0.2, -0.15) is 0 Å². The average Bonchev–Trinajstić information content (AvgIpc) is 2.53. The van der Waals surface area contributed by atoms with Crippen molar-refractivity contribution >= 4 is 17.4 Å². The van der Waals surface area contributed by atoms with E-state index in [9.17, 15) is 4.79 Å².